The Bertz CT molecular complexity index is 350. The maximum atomic E-state index is 12.0. The second-order valence-electron chi connectivity index (χ2n) is 3.72. The van der Waals surface area contributed by atoms with E-state index in [4.69, 9.17) is 0 Å². The average Bonchev–Trinajstić information content (AvgIpc) is 2.14. The van der Waals surface area contributed by atoms with Gasteiger partial charge < -0.3 is 0 Å². The number of hydrogen-bond acceptors (Lipinski definition) is 1. The summed E-state index contributed by atoms with van der Waals surface area (Å²) in [5.41, 5.74) is -3.30. The summed E-state index contributed by atoms with van der Waals surface area (Å²) in [4.78, 5) is 0.217. The Balaban J connectivity index is 2.68. The average molecular weight is 246 g/mol. The summed E-state index contributed by atoms with van der Waals surface area (Å²) in [6.07, 6.45) is 3.92. The molecular weight excluding hydrogens is 233 g/mol. The first-order valence-corrected chi connectivity index (χ1v) is 5.72. The minimum Gasteiger partial charge on any atom is -0.160 e. The molecule has 0 aromatic heterocycles. The van der Waals surface area contributed by atoms with Crippen LogP contribution in [0, 0.1) is 5.92 Å². The second kappa shape index (κ2) is 5.43. The maximum Gasteiger partial charge on any atom is 0.446 e. The fourth-order valence-corrected chi connectivity index (χ4v) is 1.62. The molecule has 1 aromatic carbocycles. The maximum absolute atomic E-state index is 12.0. The number of alkyl halides is 3. The van der Waals surface area contributed by atoms with E-state index in [9.17, 15) is 13.2 Å². The van der Waals surface area contributed by atoms with E-state index in [1.165, 1.54) is 12.1 Å². The summed E-state index contributed by atoms with van der Waals surface area (Å²) in [5.74, 6) is 0.434. The number of halogens is 3. The highest BCUT2D eigenvalue weighted by Gasteiger charge is 2.28. The summed E-state index contributed by atoms with van der Waals surface area (Å²) in [6.45, 7) is 4.09. The predicted molar refractivity (Wildman–Crippen MR) is 62.2 cm³/mol. The van der Waals surface area contributed by atoms with Crippen LogP contribution in [0.3, 0.4) is 0 Å². The standard InChI is InChI=1S/C12H13F3S/c1-9(2)3-4-10-5-7-11(8-6-10)16-12(13,14)15/h3-9H,1-2H3/b4-3+. The largest absolute Gasteiger partial charge is 0.446 e. The van der Waals surface area contributed by atoms with E-state index >= 15 is 0 Å². The lowest BCUT2D eigenvalue weighted by Crippen LogP contribution is -1.98. The Kier molecular flexibility index (Phi) is 4.47. The molecule has 0 radical (unpaired) electrons. The van der Waals surface area contributed by atoms with Gasteiger partial charge >= 0.3 is 5.51 Å². The van der Waals surface area contributed by atoms with Gasteiger partial charge in [0.15, 0.2) is 0 Å². The molecule has 0 nitrogen and oxygen atoms in total. The monoisotopic (exact) mass is 246 g/mol. The van der Waals surface area contributed by atoms with Crippen molar-refractivity contribution in [1.82, 2.24) is 0 Å². The fourth-order valence-electron chi connectivity index (χ4n) is 1.08. The Morgan fingerprint density at radius 1 is 1.12 bits per heavy atom. The highest BCUT2D eigenvalue weighted by molar-refractivity contribution is 8.00. The molecule has 88 valence electrons. The van der Waals surface area contributed by atoms with E-state index in [1.807, 2.05) is 26.0 Å². The quantitative estimate of drug-likeness (QED) is 0.679. The lowest BCUT2D eigenvalue weighted by molar-refractivity contribution is -0.0328. The Labute approximate surface area is 97.6 Å². The van der Waals surface area contributed by atoms with Crippen LogP contribution in [0.25, 0.3) is 6.08 Å². The predicted octanol–water partition coefficient (Wildman–Crippen LogP) is 4.97. The van der Waals surface area contributed by atoms with Crippen LogP contribution >= 0.6 is 11.8 Å². The number of allylic oxidation sites excluding steroid dienone is 1. The topological polar surface area (TPSA) is 0 Å². The summed E-state index contributed by atoms with van der Waals surface area (Å²) in [6, 6.07) is 6.34. The molecule has 0 aliphatic rings. The molecule has 0 N–H and O–H groups in total. The Hall–Kier alpha value is -0.900. The van der Waals surface area contributed by atoms with Crippen molar-refractivity contribution in [3.63, 3.8) is 0 Å². The molecule has 1 aromatic rings. The van der Waals surface area contributed by atoms with E-state index in [1.54, 1.807) is 12.1 Å². The van der Waals surface area contributed by atoms with Crippen molar-refractivity contribution in [2.24, 2.45) is 5.92 Å². The lowest BCUT2D eigenvalue weighted by Gasteiger charge is -2.05. The Morgan fingerprint density at radius 3 is 2.12 bits per heavy atom. The first kappa shape index (κ1) is 13.2. The van der Waals surface area contributed by atoms with Gasteiger partial charge in [0, 0.05) is 4.90 Å². The van der Waals surface area contributed by atoms with Crippen molar-refractivity contribution >= 4 is 17.8 Å². The lowest BCUT2D eigenvalue weighted by atomic mass is 10.1. The summed E-state index contributed by atoms with van der Waals surface area (Å²) in [5, 5.41) is 0. The van der Waals surface area contributed by atoms with Crippen molar-refractivity contribution in [1.29, 1.82) is 0 Å². The molecule has 0 heterocycles. The molecule has 0 spiro atoms. The highest BCUT2D eigenvalue weighted by atomic mass is 32.2. The SMILES string of the molecule is CC(C)/C=C/c1ccc(SC(F)(F)F)cc1. The highest BCUT2D eigenvalue weighted by Crippen LogP contribution is 2.36. The third-order valence-corrected chi connectivity index (χ3v) is 2.53. The van der Waals surface area contributed by atoms with Gasteiger partial charge in [-0.1, -0.05) is 38.1 Å². The van der Waals surface area contributed by atoms with Gasteiger partial charge in [-0.25, -0.2) is 0 Å². The summed E-state index contributed by atoms with van der Waals surface area (Å²) < 4.78 is 36.1. The molecule has 0 saturated carbocycles. The van der Waals surface area contributed by atoms with E-state index < -0.39 is 5.51 Å². The molecule has 0 aliphatic carbocycles. The number of hydrogen-bond donors (Lipinski definition) is 0. The third-order valence-electron chi connectivity index (χ3n) is 1.79. The minimum absolute atomic E-state index is 0.0903. The van der Waals surface area contributed by atoms with Crippen LogP contribution in [0.2, 0.25) is 0 Å². The zero-order valence-corrected chi connectivity index (χ0v) is 9.90. The fraction of sp³-hybridized carbons (Fsp3) is 0.333. The number of thioether (sulfide) groups is 1. The molecule has 0 aliphatic heterocycles. The molecule has 0 amide bonds. The van der Waals surface area contributed by atoms with Crippen molar-refractivity contribution in [3.05, 3.63) is 35.9 Å². The molecular formula is C12H13F3S. The van der Waals surface area contributed by atoms with Crippen molar-refractivity contribution in [2.75, 3.05) is 0 Å². The van der Waals surface area contributed by atoms with Crippen molar-refractivity contribution in [2.45, 2.75) is 24.3 Å². The first-order chi connectivity index (χ1) is 7.37. The third kappa shape index (κ3) is 5.26. The van der Waals surface area contributed by atoms with Crippen LogP contribution in [-0.4, -0.2) is 5.51 Å². The van der Waals surface area contributed by atoms with E-state index in [0.29, 0.717) is 5.92 Å². The molecule has 0 fully saturated rings. The van der Waals surface area contributed by atoms with Gasteiger partial charge in [0.25, 0.3) is 0 Å². The van der Waals surface area contributed by atoms with Crippen molar-refractivity contribution < 1.29 is 13.2 Å². The van der Waals surface area contributed by atoms with E-state index in [2.05, 4.69) is 0 Å². The van der Waals surface area contributed by atoms with Gasteiger partial charge in [-0.15, -0.1) is 0 Å². The first-order valence-electron chi connectivity index (χ1n) is 4.91. The molecule has 0 saturated heterocycles. The Morgan fingerprint density at radius 2 is 1.69 bits per heavy atom. The van der Waals surface area contributed by atoms with Gasteiger partial charge in [0.1, 0.15) is 0 Å². The molecule has 4 heteroatoms. The van der Waals surface area contributed by atoms with Crippen LogP contribution in [0.4, 0.5) is 13.2 Å². The molecule has 16 heavy (non-hydrogen) atoms. The van der Waals surface area contributed by atoms with Gasteiger partial charge in [0.05, 0.1) is 0 Å². The minimum atomic E-state index is -4.21. The summed E-state index contributed by atoms with van der Waals surface area (Å²) >= 11 is -0.0903. The molecule has 0 atom stereocenters. The summed E-state index contributed by atoms with van der Waals surface area (Å²) in [7, 11) is 0. The van der Waals surface area contributed by atoms with E-state index in [-0.39, 0.29) is 16.7 Å². The van der Waals surface area contributed by atoms with Crippen LogP contribution < -0.4 is 0 Å². The van der Waals surface area contributed by atoms with Gasteiger partial charge in [-0.05, 0) is 35.4 Å². The van der Waals surface area contributed by atoms with Crippen LogP contribution in [0.1, 0.15) is 19.4 Å². The van der Waals surface area contributed by atoms with Gasteiger partial charge in [-0.2, -0.15) is 13.2 Å². The number of benzene rings is 1. The zero-order valence-electron chi connectivity index (χ0n) is 9.08. The molecule has 0 bridgehead atoms. The second-order valence-corrected chi connectivity index (χ2v) is 4.86. The van der Waals surface area contributed by atoms with Crippen LogP contribution in [0.5, 0.6) is 0 Å². The molecule has 0 unspecified atom stereocenters. The zero-order chi connectivity index (χ0) is 12.2. The molecule has 1 rings (SSSR count). The van der Waals surface area contributed by atoms with Crippen LogP contribution in [-0.2, 0) is 0 Å². The van der Waals surface area contributed by atoms with E-state index in [0.717, 1.165) is 5.56 Å². The smallest absolute Gasteiger partial charge is 0.160 e. The number of rotatable bonds is 3. The van der Waals surface area contributed by atoms with Gasteiger partial charge in [-0.3, -0.25) is 0 Å². The van der Waals surface area contributed by atoms with Crippen molar-refractivity contribution in [3.8, 4) is 0 Å². The van der Waals surface area contributed by atoms with Crippen LogP contribution in [0.15, 0.2) is 35.2 Å². The van der Waals surface area contributed by atoms with Gasteiger partial charge in [0.2, 0.25) is 0 Å². The normalized spacial score (nSPS) is 12.6.